The molecule has 0 bridgehead atoms. The van der Waals surface area contributed by atoms with Crippen LogP contribution in [0.4, 0.5) is 0 Å². The number of benzene rings is 1. The summed E-state index contributed by atoms with van der Waals surface area (Å²) >= 11 is 0. The molecule has 0 unspecified atom stereocenters. The lowest BCUT2D eigenvalue weighted by Gasteiger charge is -2.47. The molecule has 0 radical (unpaired) electrons. The van der Waals surface area contributed by atoms with E-state index in [2.05, 4.69) is 9.97 Å². The topological polar surface area (TPSA) is 78.5 Å². The van der Waals surface area contributed by atoms with E-state index in [0.29, 0.717) is 38.6 Å². The van der Waals surface area contributed by atoms with Crippen LogP contribution in [0.1, 0.15) is 44.9 Å². The first kappa shape index (κ1) is 18.7. The molecule has 2 aliphatic heterocycles. The lowest BCUT2D eigenvalue weighted by atomic mass is 9.89. The van der Waals surface area contributed by atoms with Gasteiger partial charge in [-0.25, -0.2) is 4.98 Å². The highest BCUT2D eigenvalue weighted by molar-refractivity contribution is 5.94. The minimum atomic E-state index is -0.375. The van der Waals surface area contributed by atoms with E-state index in [1.807, 2.05) is 41.8 Å². The molecule has 7 nitrogen and oxygen atoms in total. The summed E-state index contributed by atoms with van der Waals surface area (Å²) in [6.07, 6.45) is 4.69. The Balaban J connectivity index is 1.40. The fourth-order valence-corrected chi connectivity index (χ4v) is 4.03. The molecule has 0 atom stereocenters. The molecule has 0 aliphatic carbocycles. The number of nitrogens with one attached hydrogen (secondary N) is 1. The standard InChI is InChI=1S/C21H26N4O3/c1-15-3-4-17(13-16(15)2)19(26)24-9-5-21(6-10-24)14-25(11-12-28-21)20(27)18-22-7-8-23-18/h3-4,7-8,13H,5-6,9-12,14H2,1-2H3,(H,22,23). The molecule has 2 aliphatic rings. The summed E-state index contributed by atoms with van der Waals surface area (Å²) in [4.78, 5) is 36.1. The average molecular weight is 382 g/mol. The summed E-state index contributed by atoms with van der Waals surface area (Å²) in [6.45, 7) is 6.95. The maximum Gasteiger partial charge on any atom is 0.289 e. The summed E-state index contributed by atoms with van der Waals surface area (Å²) in [5.74, 6) is 0.331. The molecule has 1 aromatic heterocycles. The second-order valence-electron chi connectivity index (χ2n) is 7.79. The number of aryl methyl sites for hydroxylation is 2. The fraction of sp³-hybridized carbons (Fsp3) is 0.476. The first-order valence-corrected chi connectivity index (χ1v) is 9.77. The van der Waals surface area contributed by atoms with Gasteiger partial charge in [0.15, 0.2) is 5.82 Å². The number of piperidine rings is 1. The Hall–Kier alpha value is -2.67. The van der Waals surface area contributed by atoms with Crippen molar-refractivity contribution in [2.24, 2.45) is 0 Å². The molecule has 1 spiro atoms. The van der Waals surface area contributed by atoms with Crippen LogP contribution in [0.2, 0.25) is 0 Å². The van der Waals surface area contributed by atoms with Crippen LogP contribution in [0.3, 0.4) is 0 Å². The van der Waals surface area contributed by atoms with Gasteiger partial charge in [0, 0.05) is 37.6 Å². The minimum Gasteiger partial charge on any atom is -0.371 e. The van der Waals surface area contributed by atoms with Gasteiger partial charge in [-0.15, -0.1) is 0 Å². The molecular formula is C21H26N4O3. The molecule has 2 saturated heterocycles. The molecule has 7 heteroatoms. The van der Waals surface area contributed by atoms with Gasteiger partial charge in [-0.2, -0.15) is 0 Å². The first-order chi connectivity index (χ1) is 13.5. The smallest absolute Gasteiger partial charge is 0.289 e. The van der Waals surface area contributed by atoms with Gasteiger partial charge in [0.1, 0.15) is 0 Å². The van der Waals surface area contributed by atoms with E-state index in [1.165, 1.54) is 5.56 Å². The molecule has 4 rings (SSSR count). The first-order valence-electron chi connectivity index (χ1n) is 9.77. The number of aromatic nitrogens is 2. The van der Waals surface area contributed by atoms with Crippen molar-refractivity contribution in [2.45, 2.75) is 32.3 Å². The van der Waals surface area contributed by atoms with E-state index in [0.717, 1.165) is 24.0 Å². The molecular weight excluding hydrogens is 356 g/mol. The highest BCUT2D eigenvalue weighted by Gasteiger charge is 2.42. The van der Waals surface area contributed by atoms with Gasteiger partial charge >= 0.3 is 0 Å². The van der Waals surface area contributed by atoms with E-state index in [9.17, 15) is 9.59 Å². The molecule has 1 N–H and O–H groups in total. The van der Waals surface area contributed by atoms with Crippen molar-refractivity contribution in [3.8, 4) is 0 Å². The van der Waals surface area contributed by atoms with Gasteiger partial charge in [0.2, 0.25) is 0 Å². The summed E-state index contributed by atoms with van der Waals surface area (Å²) in [5.41, 5.74) is 2.67. The maximum atomic E-state index is 12.9. The number of H-pyrrole nitrogens is 1. The van der Waals surface area contributed by atoms with Crippen LogP contribution in [0.25, 0.3) is 0 Å². The molecule has 28 heavy (non-hydrogen) atoms. The van der Waals surface area contributed by atoms with E-state index in [4.69, 9.17) is 4.74 Å². The Bertz CT molecular complexity index is 870. The summed E-state index contributed by atoms with van der Waals surface area (Å²) < 4.78 is 6.11. The van der Waals surface area contributed by atoms with Gasteiger partial charge < -0.3 is 19.5 Å². The number of rotatable bonds is 2. The highest BCUT2D eigenvalue weighted by Crippen LogP contribution is 2.31. The number of likely N-dealkylation sites (tertiary alicyclic amines) is 1. The van der Waals surface area contributed by atoms with Crippen LogP contribution in [0.5, 0.6) is 0 Å². The zero-order valence-corrected chi connectivity index (χ0v) is 16.4. The highest BCUT2D eigenvalue weighted by atomic mass is 16.5. The average Bonchev–Trinajstić information content (AvgIpc) is 3.24. The van der Waals surface area contributed by atoms with Crippen molar-refractivity contribution in [1.82, 2.24) is 19.8 Å². The quantitative estimate of drug-likeness (QED) is 0.863. The molecule has 2 fully saturated rings. The number of aromatic amines is 1. The number of morpholine rings is 1. The number of ether oxygens (including phenoxy) is 1. The Morgan fingerprint density at radius 2 is 1.86 bits per heavy atom. The third-order valence-corrected chi connectivity index (χ3v) is 5.95. The summed E-state index contributed by atoms with van der Waals surface area (Å²) in [5, 5.41) is 0. The third-order valence-electron chi connectivity index (χ3n) is 5.95. The van der Waals surface area contributed by atoms with E-state index in [1.54, 1.807) is 12.4 Å². The van der Waals surface area contributed by atoms with Crippen molar-refractivity contribution in [3.05, 3.63) is 53.1 Å². The number of imidazole rings is 1. The molecule has 0 saturated carbocycles. The zero-order chi connectivity index (χ0) is 19.7. The number of hydrogen-bond acceptors (Lipinski definition) is 4. The fourth-order valence-electron chi connectivity index (χ4n) is 4.03. The van der Waals surface area contributed by atoms with Crippen molar-refractivity contribution in [3.63, 3.8) is 0 Å². The molecule has 2 amide bonds. The van der Waals surface area contributed by atoms with Gasteiger partial charge in [-0.3, -0.25) is 9.59 Å². The van der Waals surface area contributed by atoms with E-state index in [-0.39, 0.29) is 17.4 Å². The van der Waals surface area contributed by atoms with Crippen LogP contribution < -0.4 is 0 Å². The zero-order valence-electron chi connectivity index (χ0n) is 16.4. The Morgan fingerprint density at radius 3 is 2.54 bits per heavy atom. The second kappa shape index (κ2) is 7.39. The second-order valence-corrected chi connectivity index (χ2v) is 7.79. The maximum absolute atomic E-state index is 12.9. The molecule has 2 aromatic rings. The lowest BCUT2D eigenvalue weighted by Crippen LogP contribution is -2.58. The van der Waals surface area contributed by atoms with Crippen LogP contribution in [-0.4, -0.2) is 70.0 Å². The van der Waals surface area contributed by atoms with E-state index < -0.39 is 0 Å². The van der Waals surface area contributed by atoms with Crippen molar-refractivity contribution in [1.29, 1.82) is 0 Å². The Morgan fingerprint density at radius 1 is 1.07 bits per heavy atom. The van der Waals surface area contributed by atoms with E-state index >= 15 is 0 Å². The molecule has 1 aromatic carbocycles. The van der Waals surface area contributed by atoms with Gasteiger partial charge in [-0.05, 0) is 49.9 Å². The predicted molar refractivity (Wildman–Crippen MR) is 104 cm³/mol. The Kier molecular flexibility index (Phi) is 4.93. The summed E-state index contributed by atoms with van der Waals surface area (Å²) in [7, 11) is 0. The number of hydrogen-bond donors (Lipinski definition) is 1. The van der Waals surface area contributed by atoms with Crippen LogP contribution in [0.15, 0.2) is 30.6 Å². The van der Waals surface area contributed by atoms with Crippen molar-refractivity contribution in [2.75, 3.05) is 32.8 Å². The number of nitrogens with zero attached hydrogens (tertiary/aromatic N) is 3. The minimum absolute atomic E-state index is 0.0669. The third kappa shape index (κ3) is 3.54. The molecule has 3 heterocycles. The van der Waals surface area contributed by atoms with Gasteiger partial charge in [-0.1, -0.05) is 6.07 Å². The largest absolute Gasteiger partial charge is 0.371 e. The lowest BCUT2D eigenvalue weighted by molar-refractivity contribution is -0.123. The predicted octanol–water partition coefficient (Wildman–Crippen LogP) is 2.17. The number of carbonyl (C=O) groups is 2. The van der Waals surface area contributed by atoms with Crippen LogP contribution in [0, 0.1) is 13.8 Å². The molecule has 148 valence electrons. The van der Waals surface area contributed by atoms with Crippen molar-refractivity contribution >= 4 is 11.8 Å². The SMILES string of the molecule is Cc1ccc(C(=O)N2CCC3(CC2)CN(C(=O)c2ncc[nH]2)CCO3)cc1C. The normalized spacial score (nSPS) is 19.1. The van der Waals surface area contributed by atoms with Gasteiger partial charge in [0.05, 0.1) is 18.8 Å². The Labute approximate surface area is 164 Å². The van der Waals surface area contributed by atoms with Crippen molar-refractivity contribution < 1.29 is 14.3 Å². The number of amides is 2. The van der Waals surface area contributed by atoms with Gasteiger partial charge in [0.25, 0.3) is 11.8 Å². The van der Waals surface area contributed by atoms with Crippen LogP contribution in [-0.2, 0) is 4.74 Å². The van der Waals surface area contributed by atoms with Crippen LogP contribution >= 0.6 is 0 Å². The summed E-state index contributed by atoms with van der Waals surface area (Å²) in [6, 6.07) is 5.86. The number of carbonyl (C=O) groups excluding carboxylic acids is 2. The monoisotopic (exact) mass is 382 g/mol.